The molecule has 3 unspecified atom stereocenters. The molecule has 14 heteroatoms. The fourth-order valence-electron chi connectivity index (χ4n) is 4.71. The minimum atomic E-state index is -1.71. The second-order valence-corrected chi connectivity index (χ2v) is 11.6. The molecule has 1 amide bonds. The topological polar surface area (TPSA) is 192 Å². The van der Waals surface area contributed by atoms with E-state index in [0.717, 1.165) is 0 Å². The van der Waals surface area contributed by atoms with Crippen LogP contribution in [-0.2, 0) is 19.0 Å². The number of fused-ring (bicyclic) bond motifs is 2. The van der Waals surface area contributed by atoms with Gasteiger partial charge in [-0.05, 0) is 57.5 Å². The monoisotopic (exact) mass is 629 g/mol. The lowest BCUT2D eigenvalue weighted by molar-refractivity contribution is -0.278. The third-order valence-electron chi connectivity index (χ3n) is 7.00. The summed E-state index contributed by atoms with van der Waals surface area (Å²) in [7, 11) is 0. The van der Waals surface area contributed by atoms with Crippen molar-refractivity contribution in [1.82, 2.24) is 5.32 Å². The zero-order valence-electron chi connectivity index (χ0n) is 25.1. The van der Waals surface area contributed by atoms with Crippen LogP contribution in [0.2, 0.25) is 0 Å². The van der Waals surface area contributed by atoms with Crippen molar-refractivity contribution in [2.75, 3.05) is 19.8 Å². The first kappa shape index (κ1) is 32.0. The predicted molar refractivity (Wildman–Crippen MR) is 156 cm³/mol. The third-order valence-corrected chi connectivity index (χ3v) is 7.00. The zero-order valence-corrected chi connectivity index (χ0v) is 25.1. The molecule has 2 aliphatic heterocycles. The molecule has 14 nitrogen and oxygen atoms in total. The van der Waals surface area contributed by atoms with Gasteiger partial charge < -0.3 is 53.5 Å². The average Bonchev–Trinajstić information content (AvgIpc) is 2.99. The standard InChI is InChI=1S/C31H35NO13/c1-15(32-30(38)45-31(2,3)4)28(37)42-14-23-25(34)26(35)27(36)29(44-23)43-17-6-7-18-21(12-17)41-13-19(24(18)33)16-5-8-20-22(11-16)40-10-9-39-20/h5-8,11-13,15,23,25-27,29,34-36H,9-10,14H2,1-4H3,(H,32,38)/t15-,23?,25+,26?,27?,29-/m1/s1. The molecule has 6 atom stereocenters. The van der Waals surface area contributed by atoms with Crippen LogP contribution in [-0.4, -0.2) is 89.6 Å². The van der Waals surface area contributed by atoms with Crippen LogP contribution in [0.3, 0.4) is 0 Å². The molecule has 0 radical (unpaired) electrons. The molecule has 3 heterocycles. The number of ether oxygens (including phenoxy) is 6. The maximum atomic E-state index is 13.3. The number of amides is 1. The number of aliphatic hydroxyl groups excluding tert-OH is 3. The highest BCUT2D eigenvalue weighted by molar-refractivity contribution is 5.83. The molecule has 0 saturated carbocycles. The van der Waals surface area contributed by atoms with E-state index in [1.54, 1.807) is 39.0 Å². The van der Waals surface area contributed by atoms with Gasteiger partial charge in [0.25, 0.3) is 0 Å². The van der Waals surface area contributed by atoms with Gasteiger partial charge in [0.05, 0.1) is 10.9 Å². The molecule has 0 bridgehead atoms. The maximum Gasteiger partial charge on any atom is 0.408 e. The molecule has 1 aromatic heterocycles. The Morgan fingerprint density at radius 3 is 2.47 bits per heavy atom. The van der Waals surface area contributed by atoms with Gasteiger partial charge in [-0.15, -0.1) is 0 Å². The summed E-state index contributed by atoms with van der Waals surface area (Å²) in [5.41, 5.74) is 0.00530. The van der Waals surface area contributed by atoms with Crippen molar-refractivity contribution >= 4 is 23.0 Å². The minimum absolute atomic E-state index is 0.122. The van der Waals surface area contributed by atoms with Crippen LogP contribution in [0.4, 0.5) is 4.79 Å². The quantitative estimate of drug-likeness (QED) is 0.277. The number of esters is 1. The fraction of sp³-hybridized carbons (Fsp3) is 0.452. The molecule has 2 aromatic carbocycles. The Morgan fingerprint density at radius 2 is 1.73 bits per heavy atom. The van der Waals surface area contributed by atoms with Gasteiger partial charge in [0, 0.05) is 6.07 Å². The Hall–Kier alpha value is -4.37. The second-order valence-electron chi connectivity index (χ2n) is 11.6. The van der Waals surface area contributed by atoms with Gasteiger partial charge in [0.2, 0.25) is 6.29 Å². The van der Waals surface area contributed by atoms with Crippen LogP contribution in [0, 0.1) is 0 Å². The van der Waals surface area contributed by atoms with Crippen LogP contribution in [0.15, 0.2) is 51.9 Å². The van der Waals surface area contributed by atoms with E-state index in [9.17, 15) is 29.7 Å². The molecular formula is C31H35NO13. The molecule has 2 aliphatic rings. The number of aliphatic hydroxyl groups is 3. The summed E-state index contributed by atoms with van der Waals surface area (Å²) in [6.07, 6.45) is -7.32. The number of carbonyl (C=O) groups excluding carboxylic acids is 2. The van der Waals surface area contributed by atoms with Gasteiger partial charge in [-0.1, -0.05) is 6.07 Å². The highest BCUT2D eigenvalue weighted by Gasteiger charge is 2.45. The van der Waals surface area contributed by atoms with Gasteiger partial charge in [-0.3, -0.25) is 4.79 Å². The SMILES string of the molecule is C[C@@H](NC(=O)OC(C)(C)C)C(=O)OCC1O[C@@H](Oc2ccc3c(=O)c(-c4ccc5c(c4)OCCO5)coc3c2)C(O)C(O)[C@H]1O. The number of hydrogen-bond donors (Lipinski definition) is 4. The van der Waals surface area contributed by atoms with Gasteiger partial charge >= 0.3 is 12.1 Å². The number of hydrogen-bond acceptors (Lipinski definition) is 13. The Kier molecular flexibility index (Phi) is 9.20. The average molecular weight is 630 g/mol. The lowest BCUT2D eigenvalue weighted by atomic mass is 9.99. The Morgan fingerprint density at radius 1 is 1.00 bits per heavy atom. The summed E-state index contributed by atoms with van der Waals surface area (Å²) in [5.74, 6) is 0.387. The van der Waals surface area contributed by atoms with Crippen LogP contribution in [0.5, 0.6) is 17.2 Å². The molecule has 0 aliphatic carbocycles. The number of benzene rings is 2. The van der Waals surface area contributed by atoms with Gasteiger partial charge in [-0.2, -0.15) is 0 Å². The summed E-state index contributed by atoms with van der Waals surface area (Å²) in [5, 5.41) is 34.0. The molecule has 3 aromatic rings. The van der Waals surface area contributed by atoms with Gasteiger partial charge in [0.1, 0.15) is 73.5 Å². The van der Waals surface area contributed by atoms with Crippen molar-refractivity contribution in [1.29, 1.82) is 0 Å². The summed E-state index contributed by atoms with van der Waals surface area (Å²) >= 11 is 0. The largest absolute Gasteiger partial charge is 0.486 e. The number of nitrogens with one attached hydrogen (secondary N) is 1. The molecule has 0 spiro atoms. The van der Waals surface area contributed by atoms with Crippen molar-refractivity contribution in [2.45, 2.75) is 70.0 Å². The van der Waals surface area contributed by atoms with Crippen molar-refractivity contribution in [2.24, 2.45) is 0 Å². The van der Waals surface area contributed by atoms with E-state index >= 15 is 0 Å². The van der Waals surface area contributed by atoms with Crippen LogP contribution >= 0.6 is 0 Å². The smallest absolute Gasteiger partial charge is 0.408 e. The number of carbonyl (C=O) groups is 2. The highest BCUT2D eigenvalue weighted by Crippen LogP contribution is 2.34. The van der Waals surface area contributed by atoms with E-state index in [4.69, 9.17) is 32.8 Å². The summed E-state index contributed by atoms with van der Waals surface area (Å²) in [4.78, 5) is 37.7. The van der Waals surface area contributed by atoms with E-state index in [1.165, 1.54) is 31.4 Å². The van der Waals surface area contributed by atoms with E-state index in [1.807, 2.05) is 0 Å². The molecule has 242 valence electrons. The van der Waals surface area contributed by atoms with Crippen molar-refractivity contribution < 1.29 is 57.7 Å². The lowest BCUT2D eigenvalue weighted by Crippen LogP contribution is -2.60. The first-order chi connectivity index (χ1) is 21.3. The predicted octanol–water partition coefficient (Wildman–Crippen LogP) is 1.87. The molecule has 5 rings (SSSR count). The lowest BCUT2D eigenvalue weighted by Gasteiger charge is -2.40. The summed E-state index contributed by atoms with van der Waals surface area (Å²) < 4.78 is 38.5. The number of rotatable bonds is 7. The molecule has 1 saturated heterocycles. The van der Waals surface area contributed by atoms with Crippen LogP contribution in [0.25, 0.3) is 22.1 Å². The highest BCUT2D eigenvalue weighted by atomic mass is 16.7. The maximum absolute atomic E-state index is 13.3. The normalized spacial score (nSPS) is 23.6. The summed E-state index contributed by atoms with van der Waals surface area (Å²) in [6, 6.07) is 8.42. The Bertz CT molecular complexity index is 1610. The third kappa shape index (κ3) is 7.31. The second kappa shape index (κ2) is 12.9. The van der Waals surface area contributed by atoms with Crippen molar-refractivity contribution in [3.63, 3.8) is 0 Å². The number of alkyl carbamates (subject to hydrolysis) is 1. The van der Waals surface area contributed by atoms with Crippen LogP contribution in [0.1, 0.15) is 27.7 Å². The summed E-state index contributed by atoms with van der Waals surface area (Å²) in [6.45, 7) is 6.71. The van der Waals surface area contributed by atoms with E-state index in [0.29, 0.717) is 35.8 Å². The minimum Gasteiger partial charge on any atom is -0.486 e. The molecule has 4 N–H and O–H groups in total. The van der Waals surface area contributed by atoms with Crippen molar-refractivity contribution in [3.8, 4) is 28.4 Å². The Balaban J connectivity index is 1.25. The molecule has 1 fully saturated rings. The fourth-order valence-corrected chi connectivity index (χ4v) is 4.71. The van der Waals surface area contributed by atoms with E-state index < -0.39 is 61.0 Å². The van der Waals surface area contributed by atoms with Crippen LogP contribution < -0.4 is 25.0 Å². The molecular weight excluding hydrogens is 594 g/mol. The first-order valence-corrected chi connectivity index (χ1v) is 14.3. The van der Waals surface area contributed by atoms with Gasteiger partial charge in [0.15, 0.2) is 16.9 Å². The van der Waals surface area contributed by atoms with E-state index in [-0.39, 0.29) is 22.1 Å². The van der Waals surface area contributed by atoms with Gasteiger partial charge in [-0.25, -0.2) is 9.59 Å². The molecule has 45 heavy (non-hydrogen) atoms. The van der Waals surface area contributed by atoms with E-state index in [2.05, 4.69) is 5.32 Å². The first-order valence-electron chi connectivity index (χ1n) is 14.3. The van der Waals surface area contributed by atoms with Crippen molar-refractivity contribution in [3.05, 3.63) is 52.9 Å². The zero-order chi connectivity index (χ0) is 32.5. The Labute approximate surface area is 257 Å².